The van der Waals surface area contributed by atoms with E-state index in [1.807, 2.05) is 0 Å². The minimum absolute atomic E-state index is 0.0692. The van der Waals surface area contributed by atoms with Gasteiger partial charge in [0.1, 0.15) is 0 Å². The standard InChI is InChI=1S/C17H27N5O3/c1-20(2)15(23)12-21-8-5-17(24)6-9-22(11-13(17)10-21)16-18-7-4-14(19-16)25-3/h4,7,13,24H,5-6,8-12H2,1-3H3/t13-,17-/m1/s1. The van der Waals surface area contributed by atoms with E-state index in [-0.39, 0.29) is 11.8 Å². The highest BCUT2D eigenvalue weighted by atomic mass is 16.5. The molecule has 0 saturated carbocycles. The number of carbonyl (C=O) groups is 1. The van der Waals surface area contributed by atoms with E-state index >= 15 is 0 Å². The maximum atomic E-state index is 12.0. The summed E-state index contributed by atoms with van der Waals surface area (Å²) >= 11 is 0. The Bertz CT molecular complexity index is 626. The van der Waals surface area contributed by atoms with Crippen LogP contribution in [0.25, 0.3) is 0 Å². The lowest BCUT2D eigenvalue weighted by Crippen LogP contribution is -2.61. The summed E-state index contributed by atoms with van der Waals surface area (Å²) in [7, 11) is 5.12. The number of fused-ring (bicyclic) bond motifs is 1. The van der Waals surface area contributed by atoms with E-state index in [2.05, 4.69) is 19.8 Å². The summed E-state index contributed by atoms with van der Waals surface area (Å²) in [5.41, 5.74) is -0.660. The van der Waals surface area contributed by atoms with E-state index in [0.717, 1.165) is 13.1 Å². The zero-order valence-electron chi connectivity index (χ0n) is 15.2. The number of methoxy groups -OCH3 is 1. The Morgan fingerprint density at radius 1 is 1.40 bits per heavy atom. The van der Waals surface area contributed by atoms with Crippen LogP contribution in [0.2, 0.25) is 0 Å². The van der Waals surface area contributed by atoms with Gasteiger partial charge in [0.15, 0.2) is 0 Å². The fourth-order valence-corrected chi connectivity index (χ4v) is 3.63. The maximum Gasteiger partial charge on any atom is 0.236 e. The molecular formula is C17H27N5O3. The van der Waals surface area contributed by atoms with Gasteiger partial charge in [0.2, 0.25) is 17.7 Å². The number of likely N-dealkylation sites (tertiary alicyclic amines) is 1. The molecule has 0 spiro atoms. The van der Waals surface area contributed by atoms with Crippen molar-refractivity contribution in [3.05, 3.63) is 12.3 Å². The molecule has 3 rings (SSSR count). The van der Waals surface area contributed by atoms with Gasteiger partial charge in [-0.05, 0) is 12.8 Å². The first kappa shape index (κ1) is 17.9. The molecule has 1 N–H and O–H groups in total. The Morgan fingerprint density at radius 3 is 2.88 bits per heavy atom. The molecule has 0 bridgehead atoms. The molecule has 138 valence electrons. The van der Waals surface area contributed by atoms with Gasteiger partial charge < -0.3 is 19.6 Å². The lowest BCUT2D eigenvalue weighted by molar-refractivity contribution is -0.133. The van der Waals surface area contributed by atoms with Crippen LogP contribution < -0.4 is 9.64 Å². The zero-order valence-corrected chi connectivity index (χ0v) is 15.2. The van der Waals surface area contributed by atoms with Crippen molar-refractivity contribution in [1.29, 1.82) is 0 Å². The number of likely N-dealkylation sites (N-methyl/N-ethyl adjacent to an activating group) is 1. The fraction of sp³-hybridized carbons (Fsp3) is 0.706. The molecular weight excluding hydrogens is 322 g/mol. The fourth-order valence-electron chi connectivity index (χ4n) is 3.63. The molecule has 2 saturated heterocycles. The summed E-state index contributed by atoms with van der Waals surface area (Å²) in [5, 5.41) is 11.0. The molecule has 1 aromatic heterocycles. The van der Waals surface area contributed by atoms with Crippen LogP contribution in [0, 0.1) is 5.92 Å². The van der Waals surface area contributed by atoms with Crippen molar-refractivity contribution < 1.29 is 14.6 Å². The molecule has 2 aliphatic heterocycles. The second kappa shape index (κ2) is 7.13. The summed E-state index contributed by atoms with van der Waals surface area (Å²) in [6, 6.07) is 1.72. The number of aromatic nitrogens is 2. The lowest BCUT2D eigenvalue weighted by atomic mass is 9.75. The van der Waals surface area contributed by atoms with E-state index in [1.54, 1.807) is 38.4 Å². The van der Waals surface area contributed by atoms with Crippen LogP contribution >= 0.6 is 0 Å². The third-order valence-corrected chi connectivity index (χ3v) is 5.32. The minimum Gasteiger partial charge on any atom is -0.481 e. The topological polar surface area (TPSA) is 82.0 Å². The van der Waals surface area contributed by atoms with Gasteiger partial charge in [-0.25, -0.2) is 4.98 Å². The van der Waals surface area contributed by atoms with Crippen LogP contribution in [0.5, 0.6) is 5.88 Å². The molecule has 25 heavy (non-hydrogen) atoms. The molecule has 2 fully saturated rings. The zero-order chi connectivity index (χ0) is 18.0. The van der Waals surface area contributed by atoms with Crippen LogP contribution in [0.3, 0.4) is 0 Å². The number of carbonyl (C=O) groups excluding carboxylic acids is 1. The van der Waals surface area contributed by atoms with Gasteiger partial charge in [0.05, 0.1) is 19.3 Å². The van der Waals surface area contributed by atoms with Gasteiger partial charge in [-0.15, -0.1) is 0 Å². The molecule has 0 aromatic carbocycles. The van der Waals surface area contributed by atoms with E-state index in [9.17, 15) is 9.90 Å². The van der Waals surface area contributed by atoms with Crippen molar-refractivity contribution in [1.82, 2.24) is 19.8 Å². The van der Waals surface area contributed by atoms with Gasteiger partial charge in [-0.2, -0.15) is 4.98 Å². The summed E-state index contributed by atoms with van der Waals surface area (Å²) in [6.07, 6.45) is 3.07. The molecule has 1 aromatic rings. The molecule has 1 amide bonds. The summed E-state index contributed by atoms with van der Waals surface area (Å²) in [6.45, 7) is 3.25. The van der Waals surface area contributed by atoms with Crippen LogP contribution in [0.1, 0.15) is 12.8 Å². The predicted octanol–water partition coefficient (Wildman–Crippen LogP) is -0.163. The normalized spacial score (nSPS) is 26.9. The molecule has 2 aliphatic rings. The SMILES string of the molecule is COc1ccnc(N2CC[C@]3(O)CCN(CC(=O)N(C)C)C[C@@H]3C2)n1. The van der Waals surface area contributed by atoms with Crippen LogP contribution in [-0.4, -0.2) is 90.3 Å². The van der Waals surface area contributed by atoms with Crippen molar-refractivity contribution in [2.75, 3.05) is 58.8 Å². The molecule has 0 aliphatic carbocycles. The molecule has 2 atom stereocenters. The lowest BCUT2D eigenvalue weighted by Gasteiger charge is -2.50. The average Bonchev–Trinajstić information content (AvgIpc) is 2.61. The van der Waals surface area contributed by atoms with Gasteiger partial charge in [0.25, 0.3) is 0 Å². The second-order valence-corrected chi connectivity index (χ2v) is 7.17. The number of piperidine rings is 2. The Hall–Kier alpha value is -1.93. The number of aliphatic hydroxyl groups is 1. The van der Waals surface area contributed by atoms with Crippen LogP contribution in [0.4, 0.5) is 5.95 Å². The number of amides is 1. The van der Waals surface area contributed by atoms with Crippen molar-refractivity contribution in [3.8, 4) is 5.88 Å². The molecule has 8 heteroatoms. The Balaban J connectivity index is 1.69. The van der Waals surface area contributed by atoms with E-state index < -0.39 is 5.60 Å². The smallest absolute Gasteiger partial charge is 0.236 e. The second-order valence-electron chi connectivity index (χ2n) is 7.17. The number of nitrogens with zero attached hydrogens (tertiary/aromatic N) is 5. The van der Waals surface area contributed by atoms with E-state index in [0.29, 0.717) is 44.3 Å². The highest BCUT2D eigenvalue weighted by molar-refractivity contribution is 5.77. The van der Waals surface area contributed by atoms with Crippen molar-refractivity contribution in [2.45, 2.75) is 18.4 Å². The monoisotopic (exact) mass is 349 g/mol. The van der Waals surface area contributed by atoms with Crippen molar-refractivity contribution in [2.24, 2.45) is 5.92 Å². The highest BCUT2D eigenvalue weighted by Crippen LogP contribution is 2.36. The van der Waals surface area contributed by atoms with E-state index in [4.69, 9.17) is 4.74 Å². The Morgan fingerprint density at radius 2 is 2.16 bits per heavy atom. The molecule has 3 heterocycles. The number of anilines is 1. The molecule has 0 radical (unpaired) electrons. The first-order chi connectivity index (χ1) is 11.9. The third-order valence-electron chi connectivity index (χ3n) is 5.32. The van der Waals surface area contributed by atoms with Gasteiger partial charge in [-0.1, -0.05) is 0 Å². The summed E-state index contributed by atoms with van der Waals surface area (Å²) < 4.78 is 5.18. The number of hydrogen-bond acceptors (Lipinski definition) is 7. The summed E-state index contributed by atoms with van der Waals surface area (Å²) in [4.78, 5) is 26.6. The highest BCUT2D eigenvalue weighted by Gasteiger charge is 2.45. The van der Waals surface area contributed by atoms with Crippen molar-refractivity contribution >= 4 is 11.9 Å². The number of rotatable bonds is 4. The first-order valence-corrected chi connectivity index (χ1v) is 8.68. The van der Waals surface area contributed by atoms with Crippen LogP contribution in [0.15, 0.2) is 12.3 Å². The first-order valence-electron chi connectivity index (χ1n) is 8.68. The van der Waals surface area contributed by atoms with Gasteiger partial charge in [-0.3, -0.25) is 9.69 Å². The minimum atomic E-state index is -0.660. The third kappa shape index (κ3) is 3.85. The van der Waals surface area contributed by atoms with Crippen molar-refractivity contribution in [3.63, 3.8) is 0 Å². The van der Waals surface area contributed by atoms with Gasteiger partial charge in [0, 0.05) is 58.5 Å². The molecule has 0 unspecified atom stereocenters. The summed E-state index contributed by atoms with van der Waals surface area (Å²) in [5.74, 6) is 1.32. The Labute approximate surface area is 148 Å². The molecule has 8 nitrogen and oxygen atoms in total. The quantitative estimate of drug-likeness (QED) is 0.808. The predicted molar refractivity (Wildman–Crippen MR) is 93.6 cm³/mol. The Kier molecular flexibility index (Phi) is 5.10. The number of ether oxygens (including phenoxy) is 1. The maximum absolute atomic E-state index is 12.0. The largest absolute Gasteiger partial charge is 0.481 e. The van der Waals surface area contributed by atoms with Gasteiger partial charge >= 0.3 is 0 Å². The number of hydrogen-bond donors (Lipinski definition) is 1. The van der Waals surface area contributed by atoms with Crippen LogP contribution in [-0.2, 0) is 4.79 Å². The van der Waals surface area contributed by atoms with E-state index in [1.165, 1.54) is 0 Å². The average molecular weight is 349 g/mol.